The summed E-state index contributed by atoms with van der Waals surface area (Å²) in [5.74, 6) is 0.847. The first-order valence-corrected chi connectivity index (χ1v) is 6.07. The van der Waals surface area contributed by atoms with Crippen molar-refractivity contribution in [1.29, 1.82) is 0 Å². The van der Waals surface area contributed by atoms with Crippen LogP contribution in [0.1, 0.15) is 32.6 Å². The van der Waals surface area contributed by atoms with Crippen LogP contribution in [0.2, 0.25) is 0 Å². The number of hydrogen-bond donors (Lipinski definition) is 2. The summed E-state index contributed by atoms with van der Waals surface area (Å²) in [6, 6.07) is 0. The van der Waals surface area contributed by atoms with Gasteiger partial charge in [0.1, 0.15) is 0 Å². The zero-order valence-electron chi connectivity index (χ0n) is 10.4. The van der Waals surface area contributed by atoms with Crippen molar-refractivity contribution in [3.8, 4) is 0 Å². The fraction of sp³-hybridized carbons (Fsp3) is 1.00. The number of rotatable bonds is 6. The summed E-state index contributed by atoms with van der Waals surface area (Å²) in [6.07, 6.45) is 5.51. The molecule has 0 saturated heterocycles. The number of nitrogens with zero attached hydrogens (tertiary/aromatic N) is 1. The molecular formula is C12H26N2O. The van der Waals surface area contributed by atoms with Crippen LogP contribution in [0, 0.1) is 5.92 Å². The van der Waals surface area contributed by atoms with Crippen LogP contribution in [0.25, 0.3) is 0 Å². The molecule has 0 radical (unpaired) electrons. The van der Waals surface area contributed by atoms with Crippen LogP contribution in [-0.2, 0) is 0 Å². The summed E-state index contributed by atoms with van der Waals surface area (Å²) in [5.41, 5.74) is -0.609. The number of hydrogen-bond acceptors (Lipinski definition) is 3. The Morgan fingerprint density at radius 2 is 1.93 bits per heavy atom. The first kappa shape index (κ1) is 12.9. The maximum atomic E-state index is 10.1. The second-order valence-corrected chi connectivity index (χ2v) is 5.52. The molecule has 1 atom stereocenters. The fourth-order valence-corrected chi connectivity index (χ4v) is 2.50. The van der Waals surface area contributed by atoms with Crippen LogP contribution in [-0.4, -0.2) is 49.3 Å². The lowest BCUT2D eigenvalue weighted by atomic mass is 10.1. The van der Waals surface area contributed by atoms with E-state index in [1.165, 1.54) is 25.7 Å². The zero-order chi connectivity index (χ0) is 11.3. The Labute approximate surface area is 93.9 Å². The van der Waals surface area contributed by atoms with Crippen molar-refractivity contribution in [3.05, 3.63) is 0 Å². The van der Waals surface area contributed by atoms with E-state index in [1.54, 1.807) is 0 Å². The molecule has 90 valence electrons. The molecule has 2 N–H and O–H groups in total. The average Bonchev–Trinajstić information content (AvgIpc) is 2.53. The minimum Gasteiger partial charge on any atom is -0.388 e. The highest BCUT2D eigenvalue weighted by Gasteiger charge is 2.22. The maximum absolute atomic E-state index is 10.1. The summed E-state index contributed by atoms with van der Waals surface area (Å²) >= 11 is 0. The minimum atomic E-state index is -0.609. The molecule has 15 heavy (non-hydrogen) atoms. The van der Waals surface area contributed by atoms with Gasteiger partial charge in [-0.3, -0.25) is 0 Å². The topological polar surface area (TPSA) is 35.5 Å². The van der Waals surface area contributed by atoms with E-state index >= 15 is 0 Å². The highest BCUT2D eigenvalue weighted by molar-refractivity contribution is 4.79. The Morgan fingerprint density at radius 1 is 1.33 bits per heavy atom. The molecule has 0 aromatic rings. The van der Waals surface area contributed by atoms with E-state index in [0.29, 0.717) is 13.1 Å². The Hall–Kier alpha value is -0.120. The molecule has 3 heteroatoms. The minimum absolute atomic E-state index is 0.609. The summed E-state index contributed by atoms with van der Waals surface area (Å²) in [4.78, 5) is 2.03. The van der Waals surface area contributed by atoms with Crippen molar-refractivity contribution in [3.63, 3.8) is 0 Å². The molecule has 1 rings (SSSR count). The lowest BCUT2D eigenvalue weighted by Crippen LogP contribution is -2.46. The van der Waals surface area contributed by atoms with Gasteiger partial charge in [0.2, 0.25) is 0 Å². The van der Waals surface area contributed by atoms with Crippen molar-refractivity contribution in [1.82, 2.24) is 10.2 Å². The van der Waals surface area contributed by atoms with Crippen molar-refractivity contribution >= 4 is 0 Å². The monoisotopic (exact) mass is 214 g/mol. The third kappa shape index (κ3) is 5.50. The number of nitrogens with one attached hydrogen (secondary N) is 1. The molecule has 3 nitrogen and oxygen atoms in total. The molecule has 0 aromatic heterocycles. The van der Waals surface area contributed by atoms with Crippen LogP contribution < -0.4 is 5.32 Å². The van der Waals surface area contributed by atoms with E-state index in [9.17, 15) is 5.11 Å². The van der Waals surface area contributed by atoms with Gasteiger partial charge in [-0.2, -0.15) is 0 Å². The first-order chi connectivity index (χ1) is 6.99. The molecule has 0 aliphatic heterocycles. The fourth-order valence-electron chi connectivity index (χ4n) is 2.50. The largest absolute Gasteiger partial charge is 0.388 e. The van der Waals surface area contributed by atoms with Crippen LogP contribution in [0.3, 0.4) is 0 Å². The highest BCUT2D eigenvalue weighted by atomic mass is 16.3. The first-order valence-electron chi connectivity index (χ1n) is 6.07. The average molecular weight is 214 g/mol. The third-order valence-corrected chi connectivity index (χ3v) is 3.07. The molecule has 0 aromatic carbocycles. The molecule has 1 unspecified atom stereocenters. The SMILES string of the molecule is CN(C)CC(C)(O)CNCC1CCCC1. The maximum Gasteiger partial charge on any atom is 0.0869 e. The lowest BCUT2D eigenvalue weighted by Gasteiger charge is -2.27. The molecule has 0 bridgehead atoms. The normalized spacial score (nSPS) is 22.2. The van der Waals surface area contributed by atoms with Crippen molar-refractivity contribution in [2.75, 3.05) is 33.7 Å². The van der Waals surface area contributed by atoms with Crippen LogP contribution in [0.15, 0.2) is 0 Å². The number of aliphatic hydroxyl groups is 1. The Balaban J connectivity index is 2.11. The second kappa shape index (κ2) is 5.83. The van der Waals surface area contributed by atoms with Gasteiger partial charge >= 0.3 is 0 Å². The Kier molecular flexibility index (Phi) is 5.03. The smallest absolute Gasteiger partial charge is 0.0869 e. The van der Waals surface area contributed by atoms with Crippen molar-refractivity contribution < 1.29 is 5.11 Å². The summed E-state index contributed by atoms with van der Waals surface area (Å²) in [6.45, 7) is 4.38. The lowest BCUT2D eigenvalue weighted by molar-refractivity contribution is 0.0332. The second-order valence-electron chi connectivity index (χ2n) is 5.52. The van der Waals surface area contributed by atoms with Crippen molar-refractivity contribution in [2.45, 2.75) is 38.2 Å². The van der Waals surface area contributed by atoms with E-state index in [0.717, 1.165) is 12.5 Å². The van der Waals surface area contributed by atoms with E-state index in [2.05, 4.69) is 5.32 Å². The Bertz CT molecular complexity index is 174. The molecule has 0 heterocycles. The predicted octanol–water partition coefficient (Wildman–Crippen LogP) is 1.08. The molecule has 1 saturated carbocycles. The van der Waals surface area contributed by atoms with Gasteiger partial charge in [-0.25, -0.2) is 0 Å². The van der Waals surface area contributed by atoms with Crippen LogP contribution in [0.5, 0.6) is 0 Å². The molecule has 0 amide bonds. The van der Waals surface area contributed by atoms with Crippen LogP contribution >= 0.6 is 0 Å². The van der Waals surface area contributed by atoms with E-state index < -0.39 is 5.60 Å². The van der Waals surface area contributed by atoms with Gasteiger partial charge in [0.05, 0.1) is 5.60 Å². The van der Waals surface area contributed by atoms with Gasteiger partial charge in [0.15, 0.2) is 0 Å². The number of likely N-dealkylation sites (N-methyl/N-ethyl adjacent to an activating group) is 1. The standard InChI is InChI=1S/C12H26N2O/c1-12(15,10-14(2)3)9-13-8-11-6-4-5-7-11/h11,13,15H,4-10H2,1-3H3. The Morgan fingerprint density at radius 3 is 2.47 bits per heavy atom. The molecule has 1 fully saturated rings. The quantitative estimate of drug-likeness (QED) is 0.694. The molecule has 1 aliphatic carbocycles. The molecule has 1 aliphatic rings. The summed E-state index contributed by atoms with van der Waals surface area (Å²) in [5, 5.41) is 13.5. The highest BCUT2D eigenvalue weighted by Crippen LogP contribution is 2.23. The molecule has 0 spiro atoms. The van der Waals surface area contributed by atoms with Gasteiger partial charge < -0.3 is 15.3 Å². The molecular weight excluding hydrogens is 188 g/mol. The van der Waals surface area contributed by atoms with E-state index in [-0.39, 0.29) is 0 Å². The van der Waals surface area contributed by atoms with Crippen LogP contribution in [0.4, 0.5) is 0 Å². The van der Waals surface area contributed by atoms with Gasteiger partial charge in [-0.1, -0.05) is 12.8 Å². The summed E-state index contributed by atoms with van der Waals surface area (Å²) < 4.78 is 0. The van der Waals surface area contributed by atoms with Gasteiger partial charge in [0.25, 0.3) is 0 Å². The van der Waals surface area contributed by atoms with Crippen molar-refractivity contribution in [2.24, 2.45) is 5.92 Å². The van der Waals surface area contributed by atoms with Gasteiger partial charge in [-0.15, -0.1) is 0 Å². The van der Waals surface area contributed by atoms with Gasteiger partial charge in [-0.05, 0) is 46.3 Å². The van der Waals surface area contributed by atoms with Gasteiger partial charge in [0, 0.05) is 13.1 Å². The van der Waals surface area contributed by atoms with E-state index in [4.69, 9.17) is 0 Å². The zero-order valence-corrected chi connectivity index (χ0v) is 10.4. The summed E-state index contributed by atoms with van der Waals surface area (Å²) in [7, 11) is 3.98. The predicted molar refractivity (Wildman–Crippen MR) is 64.0 cm³/mol. The third-order valence-electron chi connectivity index (χ3n) is 3.07. The van der Waals surface area contributed by atoms with E-state index in [1.807, 2.05) is 25.9 Å².